The van der Waals surface area contributed by atoms with Gasteiger partial charge in [-0.25, -0.2) is 9.78 Å². The summed E-state index contributed by atoms with van der Waals surface area (Å²) in [5, 5.41) is 0.588. The molecule has 154 valence electrons. The fourth-order valence-electron chi connectivity index (χ4n) is 3.99. The van der Waals surface area contributed by atoms with Crippen molar-refractivity contribution in [3.8, 4) is 0 Å². The number of aryl methyl sites for hydroxylation is 1. The Hall–Kier alpha value is -2.21. The standard InChI is InChI=1S/C23H28N2O3S/c1-3-28-22(27)21-15(2)24-23(29-21)25(14-16-7-5-4-6-8-16)20(26)13-19(17-9-10-17)18-11-12-18/h4-8,17-19H,3,9-14H2,1-2H3. The topological polar surface area (TPSA) is 59.5 Å². The third-order valence-electron chi connectivity index (χ3n) is 5.83. The number of rotatable bonds is 9. The van der Waals surface area contributed by atoms with E-state index in [1.54, 1.807) is 18.7 Å². The molecule has 2 aromatic rings. The first-order valence-electron chi connectivity index (χ1n) is 10.6. The summed E-state index contributed by atoms with van der Waals surface area (Å²) in [7, 11) is 0. The number of aromatic nitrogens is 1. The van der Waals surface area contributed by atoms with Gasteiger partial charge in [0, 0.05) is 6.42 Å². The molecule has 0 saturated heterocycles. The summed E-state index contributed by atoms with van der Waals surface area (Å²) in [5.41, 5.74) is 1.68. The summed E-state index contributed by atoms with van der Waals surface area (Å²) < 4.78 is 5.15. The molecule has 2 fully saturated rings. The predicted molar refractivity (Wildman–Crippen MR) is 114 cm³/mol. The van der Waals surface area contributed by atoms with Gasteiger partial charge in [0.15, 0.2) is 5.13 Å². The maximum absolute atomic E-state index is 13.4. The molecule has 1 heterocycles. The Balaban J connectivity index is 1.58. The Kier molecular flexibility index (Phi) is 5.99. The maximum atomic E-state index is 13.4. The predicted octanol–water partition coefficient (Wildman–Crippen LogP) is 4.99. The molecule has 4 rings (SSSR count). The van der Waals surface area contributed by atoms with E-state index >= 15 is 0 Å². The molecule has 0 aliphatic heterocycles. The lowest BCUT2D eigenvalue weighted by Crippen LogP contribution is -2.32. The third-order valence-corrected chi connectivity index (χ3v) is 6.99. The van der Waals surface area contributed by atoms with Gasteiger partial charge < -0.3 is 4.74 Å². The lowest BCUT2D eigenvalue weighted by molar-refractivity contribution is -0.120. The normalized spacial score (nSPS) is 16.1. The second-order valence-corrected chi connectivity index (χ2v) is 9.12. The lowest BCUT2D eigenvalue weighted by Gasteiger charge is -2.23. The number of esters is 1. The summed E-state index contributed by atoms with van der Waals surface area (Å²) in [6, 6.07) is 9.97. The van der Waals surface area contributed by atoms with E-state index in [0.717, 1.165) is 17.4 Å². The quantitative estimate of drug-likeness (QED) is 0.545. The van der Waals surface area contributed by atoms with Gasteiger partial charge in [-0.2, -0.15) is 0 Å². The van der Waals surface area contributed by atoms with Crippen molar-refractivity contribution in [3.05, 3.63) is 46.5 Å². The van der Waals surface area contributed by atoms with E-state index in [-0.39, 0.29) is 11.9 Å². The summed E-state index contributed by atoms with van der Waals surface area (Å²) >= 11 is 1.26. The Morgan fingerprint density at radius 1 is 1.17 bits per heavy atom. The molecule has 0 N–H and O–H groups in total. The van der Waals surface area contributed by atoms with Crippen LogP contribution in [-0.4, -0.2) is 23.5 Å². The molecule has 0 atom stereocenters. The van der Waals surface area contributed by atoms with Crippen LogP contribution in [0.2, 0.25) is 0 Å². The minimum Gasteiger partial charge on any atom is -0.462 e. The van der Waals surface area contributed by atoms with Gasteiger partial charge in [0.2, 0.25) is 5.91 Å². The number of hydrogen-bond acceptors (Lipinski definition) is 5. The highest BCUT2D eigenvalue weighted by atomic mass is 32.1. The van der Waals surface area contributed by atoms with E-state index in [9.17, 15) is 9.59 Å². The fraction of sp³-hybridized carbons (Fsp3) is 0.522. The number of hydrogen-bond donors (Lipinski definition) is 0. The van der Waals surface area contributed by atoms with Crippen molar-refractivity contribution < 1.29 is 14.3 Å². The SMILES string of the molecule is CCOC(=O)c1sc(N(Cc2ccccc2)C(=O)CC(C2CC2)C2CC2)nc1C. The number of nitrogens with zero attached hydrogens (tertiary/aromatic N) is 2. The first-order valence-corrected chi connectivity index (χ1v) is 11.4. The minimum absolute atomic E-state index is 0.113. The number of anilines is 1. The third kappa shape index (κ3) is 4.86. The number of ether oxygens (including phenoxy) is 1. The molecule has 0 bridgehead atoms. The van der Waals surface area contributed by atoms with Crippen molar-refractivity contribution in [1.29, 1.82) is 0 Å². The molecular formula is C23H28N2O3S. The monoisotopic (exact) mass is 412 g/mol. The number of carbonyl (C=O) groups excluding carboxylic acids is 2. The molecule has 1 aromatic carbocycles. The highest BCUT2D eigenvalue weighted by Gasteiger charge is 2.43. The fourth-order valence-corrected chi connectivity index (χ4v) is 4.97. The lowest BCUT2D eigenvalue weighted by atomic mass is 9.93. The Labute approximate surface area is 176 Å². The summed E-state index contributed by atoms with van der Waals surface area (Å²) in [6.45, 7) is 4.38. The van der Waals surface area contributed by atoms with Crippen LogP contribution < -0.4 is 4.90 Å². The van der Waals surface area contributed by atoms with Crippen LogP contribution >= 0.6 is 11.3 Å². The van der Waals surface area contributed by atoms with Crippen molar-refractivity contribution in [2.75, 3.05) is 11.5 Å². The number of amides is 1. The van der Waals surface area contributed by atoms with Crippen molar-refractivity contribution in [1.82, 2.24) is 4.98 Å². The minimum atomic E-state index is -0.366. The van der Waals surface area contributed by atoms with Crippen LogP contribution in [0.15, 0.2) is 30.3 Å². The highest BCUT2D eigenvalue weighted by molar-refractivity contribution is 7.17. The van der Waals surface area contributed by atoms with Gasteiger partial charge in [-0.05, 0) is 62.8 Å². The van der Waals surface area contributed by atoms with Crippen LogP contribution in [0.25, 0.3) is 0 Å². The smallest absolute Gasteiger partial charge is 0.350 e. The van der Waals surface area contributed by atoms with Crippen LogP contribution in [-0.2, 0) is 16.1 Å². The van der Waals surface area contributed by atoms with Gasteiger partial charge in [-0.3, -0.25) is 9.69 Å². The molecule has 2 saturated carbocycles. The van der Waals surface area contributed by atoms with E-state index in [1.807, 2.05) is 30.3 Å². The van der Waals surface area contributed by atoms with Crippen molar-refractivity contribution >= 4 is 28.3 Å². The molecule has 0 unspecified atom stereocenters. The van der Waals surface area contributed by atoms with Crippen LogP contribution in [0.3, 0.4) is 0 Å². The average Bonchev–Trinajstić information content (AvgIpc) is 3.63. The molecule has 2 aliphatic rings. The average molecular weight is 413 g/mol. The molecule has 0 spiro atoms. The zero-order valence-electron chi connectivity index (χ0n) is 17.1. The molecule has 0 radical (unpaired) electrons. The van der Waals surface area contributed by atoms with Crippen LogP contribution in [0.5, 0.6) is 0 Å². The number of benzene rings is 1. The van der Waals surface area contributed by atoms with Crippen LogP contribution in [0, 0.1) is 24.7 Å². The molecule has 2 aliphatic carbocycles. The van der Waals surface area contributed by atoms with E-state index < -0.39 is 0 Å². The van der Waals surface area contributed by atoms with Crippen molar-refractivity contribution in [3.63, 3.8) is 0 Å². The molecule has 6 heteroatoms. The summed E-state index contributed by atoms with van der Waals surface area (Å²) in [4.78, 5) is 32.5. The second kappa shape index (κ2) is 8.66. The Morgan fingerprint density at radius 3 is 2.41 bits per heavy atom. The molecule has 29 heavy (non-hydrogen) atoms. The van der Waals surface area contributed by atoms with Gasteiger partial charge >= 0.3 is 5.97 Å². The van der Waals surface area contributed by atoms with Gasteiger partial charge in [0.05, 0.1) is 18.8 Å². The summed E-state index contributed by atoms with van der Waals surface area (Å²) in [5.74, 6) is 1.69. The number of carbonyl (C=O) groups is 2. The first kappa shape index (κ1) is 20.1. The van der Waals surface area contributed by atoms with Gasteiger partial charge in [0.1, 0.15) is 4.88 Å². The van der Waals surface area contributed by atoms with Crippen LogP contribution in [0.1, 0.15) is 60.0 Å². The zero-order valence-corrected chi connectivity index (χ0v) is 17.9. The largest absolute Gasteiger partial charge is 0.462 e. The van der Waals surface area contributed by atoms with Gasteiger partial charge in [-0.1, -0.05) is 41.7 Å². The first-order chi connectivity index (χ1) is 14.1. The molecular weight excluding hydrogens is 384 g/mol. The van der Waals surface area contributed by atoms with E-state index in [0.29, 0.717) is 41.2 Å². The summed E-state index contributed by atoms with van der Waals surface area (Å²) in [6.07, 6.45) is 5.62. The molecule has 1 amide bonds. The van der Waals surface area contributed by atoms with Gasteiger partial charge in [-0.15, -0.1) is 0 Å². The second-order valence-electron chi connectivity index (χ2n) is 8.14. The van der Waals surface area contributed by atoms with Crippen molar-refractivity contribution in [2.24, 2.45) is 17.8 Å². The number of thiazole rings is 1. The van der Waals surface area contributed by atoms with E-state index in [1.165, 1.54) is 37.0 Å². The zero-order chi connectivity index (χ0) is 20.4. The van der Waals surface area contributed by atoms with Gasteiger partial charge in [0.25, 0.3) is 0 Å². The van der Waals surface area contributed by atoms with E-state index in [2.05, 4.69) is 4.98 Å². The van der Waals surface area contributed by atoms with Crippen LogP contribution in [0.4, 0.5) is 5.13 Å². The Morgan fingerprint density at radius 2 is 1.83 bits per heavy atom. The molecule has 5 nitrogen and oxygen atoms in total. The Bertz CT molecular complexity index is 860. The highest BCUT2D eigenvalue weighted by Crippen LogP contribution is 2.51. The van der Waals surface area contributed by atoms with Crippen molar-refractivity contribution in [2.45, 2.75) is 52.5 Å². The van der Waals surface area contributed by atoms with E-state index in [4.69, 9.17) is 4.74 Å². The maximum Gasteiger partial charge on any atom is 0.350 e. The molecule has 1 aromatic heterocycles.